The van der Waals surface area contributed by atoms with Crippen LogP contribution in [0, 0.1) is 13.8 Å². The van der Waals surface area contributed by atoms with E-state index in [1.54, 1.807) is 6.92 Å². The van der Waals surface area contributed by atoms with E-state index >= 15 is 0 Å². The molecule has 1 aromatic heterocycles. The average Bonchev–Trinajstić information content (AvgIpc) is 2.85. The summed E-state index contributed by atoms with van der Waals surface area (Å²) >= 11 is 0. The molecule has 1 aromatic carbocycles. The SMILES string of the molecule is CCN(Cc1ccccc1NCc1c(C)nn(CCO)c1C)C(C)=O. The molecule has 0 aliphatic rings. The molecule has 0 radical (unpaired) electrons. The van der Waals surface area contributed by atoms with Gasteiger partial charge in [0.25, 0.3) is 0 Å². The van der Waals surface area contributed by atoms with Gasteiger partial charge in [0.05, 0.1) is 18.8 Å². The van der Waals surface area contributed by atoms with Gasteiger partial charge in [-0.1, -0.05) is 18.2 Å². The van der Waals surface area contributed by atoms with E-state index in [0.29, 0.717) is 26.2 Å². The average molecular weight is 344 g/mol. The first-order valence-electron chi connectivity index (χ1n) is 8.68. The first-order valence-corrected chi connectivity index (χ1v) is 8.68. The first kappa shape index (κ1) is 19.0. The number of nitrogens with zero attached hydrogens (tertiary/aromatic N) is 3. The van der Waals surface area contributed by atoms with Crippen LogP contribution in [0.5, 0.6) is 0 Å². The molecule has 2 N–H and O–H groups in total. The lowest BCUT2D eigenvalue weighted by atomic mass is 10.1. The smallest absolute Gasteiger partial charge is 0.219 e. The predicted octanol–water partition coefficient (Wildman–Crippen LogP) is 2.47. The Labute approximate surface area is 149 Å². The van der Waals surface area contributed by atoms with E-state index in [-0.39, 0.29) is 12.5 Å². The van der Waals surface area contributed by atoms with Crippen molar-refractivity contribution in [3.8, 4) is 0 Å². The number of rotatable bonds is 8. The molecule has 0 saturated carbocycles. The number of nitrogens with one attached hydrogen (secondary N) is 1. The Kier molecular flexibility index (Phi) is 6.58. The Morgan fingerprint density at radius 2 is 2.04 bits per heavy atom. The van der Waals surface area contributed by atoms with E-state index in [1.807, 2.05) is 54.6 Å². The molecular weight excluding hydrogens is 316 g/mol. The second kappa shape index (κ2) is 8.67. The van der Waals surface area contributed by atoms with Crippen molar-refractivity contribution in [1.29, 1.82) is 0 Å². The van der Waals surface area contributed by atoms with Gasteiger partial charge in [0, 0.05) is 43.5 Å². The van der Waals surface area contributed by atoms with Crippen LogP contribution in [-0.2, 0) is 24.4 Å². The van der Waals surface area contributed by atoms with E-state index in [2.05, 4.69) is 10.4 Å². The van der Waals surface area contributed by atoms with Crippen LogP contribution in [0.2, 0.25) is 0 Å². The highest BCUT2D eigenvalue weighted by Crippen LogP contribution is 2.20. The van der Waals surface area contributed by atoms with Crippen molar-refractivity contribution >= 4 is 11.6 Å². The molecule has 0 aliphatic heterocycles. The summed E-state index contributed by atoms with van der Waals surface area (Å²) in [7, 11) is 0. The lowest BCUT2D eigenvalue weighted by Gasteiger charge is -2.21. The van der Waals surface area contributed by atoms with Gasteiger partial charge < -0.3 is 15.3 Å². The van der Waals surface area contributed by atoms with Crippen LogP contribution in [-0.4, -0.2) is 38.8 Å². The van der Waals surface area contributed by atoms with Gasteiger partial charge >= 0.3 is 0 Å². The number of hydrogen-bond acceptors (Lipinski definition) is 4. The molecule has 1 heterocycles. The molecule has 0 bridgehead atoms. The fraction of sp³-hybridized carbons (Fsp3) is 0.474. The van der Waals surface area contributed by atoms with Gasteiger partial charge in [-0.15, -0.1) is 0 Å². The lowest BCUT2D eigenvalue weighted by Crippen LogP contribution is -2.28. The van der Waals surface area contributed by atoms with Crippen LogP contribution in [0.25, 0.3) is 0 Å². The molecule has 0 unspecified atom stereocenters. The number of aromatic nitrogens is 2. The minimum Gasteiger partial charge on any atom is -0.394 e. The molecule has 25 heavy (non-hydrogen) atoms. The van der Waals surface area contributed by atoms with Crippen molar-refractivity contribution in [1.82, 2.24) is 14.7 Å². The van der Waals surface area contributed by atoms with E-state index < -0.39 is 0 Å². The Hall–Kier alpha value is -2.34. The summed E-state index contributed by atoms with van der Waals surface area (Å²) in [6.45, 7) is 10.1. The summed E-state index contributed by atoms with van der Waals surface area (Å²) in [6.07, 6.45) is 0. The molecule has 2 aromatic rings. The summed E-state index contributed by atoms with van der Waals surface area (Å²) in [5, 5.41) is 17.1. The molecule has 6 nitrogen and oxygen atoms in total. The number of benzene rings is 1. The molecule has 1 amide bonds. The molecule has 0 saturated heterocycles. The number of para-hydroxylation sites is 1. The number of carbonyl (C=O) groups is 1. The number of aryl methyl sites for hydroxylation is 1. The minimum atomic E-state index is 0.0780. The van der Waals surface area contributed by atoms with Gasteiger partial charge in [-0.05, 0) is 32.4 Å². The largest absolute Gasteiger partial charge is 0.394 e. The van der Waals surface area contributed by atoms with Crippen molar-refractivity contribution in [2.24, 2.45) is 0 Å². The molecule has 136 valence electrons. The monoisotopic (exact) mass is 344 g/mol. The fourth-order valence-electron chi connectivity index (χ4n) is 2.97. The van der Waals surface area contributed by atoms with Crippen molar-refractivity contribution in [2.45, 2.75) is 47.3 Å². The topological polar surface area (TPSA) is 70.4 Å². The maximum absolute atomic E-state index is 11.7. The van der Waals surface area contributed by atoms with Crippen molar-refractivity contribution in [3.05, 3.63) is 46.8 Å². The van der Waals surface area contributed by atoms with E-state index in [9.17, 15) is 4.79 Å². The maximum Gasteiger partial charge on any atom is 0.219 e. The first-order chi connectivity index (χ1) is 12.0. The number of aliphatic hydroxyl groups excluding tert-OH is 1. The van der Waals surface area contributed by atoms with E-state index in [1.165, 1.54) is 0 Å². The number of carbonyl (C=O) groups excluding carboxylic acids is 1. The van der Waals surface area contributed by atoms with Gasteiger partial charge in [-0.3, -0.25) is 9.48 Å². The lowest BCUT2D eigenvalue weighted by molar-refractivity contribution is -0.129. The summed E-state index contributed by atoms with van der Waals surface area (Å²) in [4.78, 5) is 13.5. The number of anilines is 1. The zero-order chi connectivity index (χ0) is 18.4. The molecule has 2 rings (SSSR count). The maximum atomic E-state index is 11.7. The highest BCUT2D eigenvalue weighted by atomic mass is 16.3. The summed E-state index contributed by atoms with van der Waals surface area (Å²) in [6, 6.07) is 8.06. The highest BCUT2D eigenvalue weighted by molar-refractivity contribution is 5.73. The zero-order valence-electron chi connectivity index (χ0n) is 15.5. The van der Waals surface area contributed by atoms with Crippen LogP contribution in [0.4, 0.5) is 5.69 Å². The Bertz CT molecular complexity index is 724. The van der Waals surface area contributed by atoms with Crippen LogP contribution >= 0.6 is 0 Å². The Morgan fingerprint density at radius 1 is 1.32 bits per heavy atom. The summed E-state index contributed by atoms with van der Waals surface area (Å²) in [5.74, 6) is 0.0780. The van der Waals surface area contributed by atoms with Crippen molar-refractivity contribution < 1.29 is 9.90 Å². The third kappa shape index (κ3) is 4.60. The number of hydrogen-bond donors (Lipinski definition) is 2. The second-order valence-corrected chi connectivity index (χ2v) is 6.14. The standard InChI is InChI=1S/C19H28N4O2/c1-5-22(16(4)25)13-17-8-6-7-9-19(17)20-12-18-14(2)21-23(10-11-24)15(18)3/h6-9,20,24H,5,10-13H2,1-4H3. The van der Waals surface area contributed by atoms with Gasteiger partial charge in [-0.25, -0.2) is 0 Å². The summed E-state index contributed by atoms with van der Waals surface area (Å²) < 4.78 is 1.84. The number of amides is 1. The van der Waals surface area contributed by atoms with Crippen LogP contribution < -0.4 is 5.32 Å². The summed E-state index contributed by atoms with van der Waals surface area (Å²) in [5.41, 5.74) is 5.29. The Morgan fingerprint density at radius 3 is 2.68 bits per heavy atom. The zero-order valence-corrected chi connectivity index (χ0v) is 15.5. The Balaban J connectivity index is 2.15. The fourth-order valence-corrected chi connectivity index (χ4v) is 2.97. The van der Waals surface area contributed by atoms with Crippen LogP contribution in [0.1, 0.15) is 36.4 Å². The third-order valence-corrected chi connectivity index (χ3v) is 4.50. The normalized spacial score (nSPS) is 10.8. The van der Waals surface area contributed by atoms with Gasteiger partial charge in [0.2, 0.25) is 5.91 Å². The molecule has 6 heteroatoms. The highest BCUT2D eigenvalue weighted by Gasteiger charge is 2.13. The van der Waals surface area contributed by atoms with E-state index in [4.69, 9.17) is 5.11 Å². The van der Waals surface area contributed by atoms with Gasteiger partial charge in [0.15, 0.2) is 0 Å². The molecule has 0 aliphatic carbocycles. The van der Waals surface area contributed by atoms with Crippen LogP contribution in [0.15, 0.2) is 24.3 Å². The number of aliphatic hydroxyl groups is 1. The van der Waals surface area contributed by atoms with Crippen molar-refractivity contribution in [3.63, 3.8) is 0 Å². The molecular formula is C19H28N4O2. The minimum absolute atomic E-state index is 0.0780. The predicted molar refractivity (Wildman–Crippen MR) is 99.3 cm³/mol. The quantitative estimate of drug-likeness (QED) is 0.772. The van der Waals surface area contributed by atoms with Gasteiger partial charge in [-0.2, -0.15) is 5.10 Å². The second-order valence-electron chi connectivity index (χ2n) is 6.14. The van der Waals surface area contributed by atoms with E-state index in [0.717, 1.165) is 28.2 Å². The third-order valence-electron chi connectivity index (χ3n) is 4.50. The van der Waals surface area contributed by atoms with Gasteiger partial charge in [0.1, 0.15) is 0 Å². The molecule has 0 fully saturated rings. The van der Waals surface area contributed by atoms with Crippen LogP contribution in [0.3, 0.4) is 0 Å². The van der Waals surface area contributed by atoms with Crippen molar-refractivity contribution in [2.75, 3.05) is 18.5 Å². The molecule has 0 spiro atoms. The molecule has 0 atom stereocenters.